The lowest BCUT2D eigenvalue weighted by Crippen LogP contribution is -2.46. The van der Waals surface area contributed by atoms with E-state index in [0.717, 1.165) is 19.5 Å². The molecule has 1 N–H and O–H groups in total. The zero-order chi connectivity index (χ0) is 12.8. The van der Waals surface area contributed by atoms with Crippen LogP contribution >= 0.6 is 11.3 Å². The number of thiazole rings is 1. The molecule has 1 aliphatic rings. The molecule has 1 aliphatic heterocycles. The Labute approximate surface area is 115 Å². The van der Waals surface area contributed by atoms with Gasteiger partial charge in [0.05, 0.1) is 10.7 Å². The van der Waals surface area contributed by atoms with Gasteiger partial charge in [-0.15, -0.1) is 11.3 Å². The van der Waals surface area contributed by atoms with Crippen molar-refractivity contribution in [3.63, 3.8) is 0 Å². The van der Waals surface area contributed by atoms with Crippen LogP contribution in [-0.2, 0) is 6.42 Å². The molecule has 18 heavy (non-hydrogen) atoms. The predicted molar refractivity (Wildman–Crippen MR) is 78.3 cm³/mol. The van der Waals surface area contributed by atoms with E-state index in [1.807, 2.05) is 0 Å². The maximum Gasteiger partial charge on any atom is 0.0897 e. The van der Waals surface area contributed by atoms with Gasteiger partial charge in [-0.3, -0.25) is 0 Å². The summed E-state index contributed by atoms with van der Waals surface area (Å²) in [5.41, 5.74) is 1.26. The highest BCUT2D eigenvalue weighted by molar-refractivity contribution is 7.09. The van der Waals surface area contributed by atoms with Crippen molar-refractivity contribution >= 4 is 11.3 Å². The highest BCUT2D eigenvalue weighted by Gasteiger charge is 2.18. The molecule has 4 heteroatoms. The Hall–Kier alpha value is -0.450. The second kappa shape index (κ2) is 7.22. The van der Waals surface area contributed by atoms with Crippen LogP contribution in [0.25, 0.3) is 0 Å². The van der Waals surface area contributed by atoms with Crippen LogP contribution < -0.4 is 5.32 Å². The van der Waals surface area contributed by atoms with Crippen molar-refractivity contribution in [1.82, 2.24) is 15.2 Å². The van der Waals surface area contributed by atoms with Crippen molar-refractivity contribution in [1.29, 1.82) is 0 Å². The summed E-state index contributed by atoms with van der Waals surface area (Å²) in [7, 11) is 0. The molecule has 1 aromatic rings. The molecule has 0 amide bonds. The fourth-order valence-electron chi connectivity index (χ4n) is 2.57. The minimum Gasteiger partial charge on any atom is -0.313 e. The number of aromatic nitrogens is 1. The van der Waals surface area contributed by atoms with Crippen molar-refractivity contribution in [2.75, 3.05) is 26.2 Å². The Morgan fingerprint density at radius 3 is 3.17 bits per heavy atom. The summed E-state index contributed by atoms with van der Waals surface area (Å²) in [4.78, 5) is 7.13. The minimum absolute atomic E-state index is 0.705. The highest BCUT2D eigenvalue weighted by Crippen LogP contribution is 2.13. The summed E-state index contributed by atoms with van der Waals surface area (Å²) in [6.07, 6.45) is 5.00. The number of likely N-dealkylation sites (tertiary alicyclic amines) is 1. The zero-order valence-corrected chi connectivity index (χ0v) is 12.4. The van der Waals surface area contributed by atoms with Gasteiger partial charge in [0.1, 0.15) is 0 Å². The second-order valence-corrected chi connectivity index (χ2v) is 6.26. The van der Waals surface area contributed by atoms with Crippen LogP contribution in [-0.4, -0.2) is 42.1 Å². The highest BCUT2D eigenvalue weighted by atomic mass is 32.1. The second-order valence-electron chi connectivity index (χ2n) is 5.20. The lowest BCUT2D eigenvalue weighted by Gasteiger charge is -2.33. The Balaban J connectivity index is 1.72. The first-order valence-corrected chi connectivity index (χ1v) is 8.02. The predicted octanol–water partition coefficient (Wildman–Crippen LogP) is 2.46. The van der Waals surface area contributed by atoms with E-state index >= 15 is 0 Å². The van der Waals surface area contributed by atoms with Gasteiger partial charge in [0, 0.05) is 30.9 Å². The molecule has 102 valence electrons. The summed E-state index contributed by atoms with van der Waals surface area (Å²) < 4.78 is 0. The number of nitrogens with one attached hydrogen (secondary N) is 1. The average molecular weight is 267 g/mol. The van der Waals surface area contributed by atoms with Crippen LogP contribution in [0, 0.1) is 6.92 Å². The molecular formula is C14H25N3S. The monoisotopic (exact) mass is 267 g/mol. The molecule has 0 radical (unpaired) electrons. The molecule has 0 aliphatic carbocycles. The molecule has 2 rings (SSSR count). The first-order valence-electron chi connectivity index (χ1n) is 7.14. The van der Waals surface area contributed by atoms with E-state index in [1.54, 1.807) is 11.3 Å². The van der Waals surface area contributed by atoms with Gasteiger partial charge in [-0.25, -0.2) is 4.98 Å². The quantitative estimate of drug-likeness (QED) is 0.858. The third kappa shape index (κ3) is 4.34. The van der Waals surface area contributed by atoms with E-state index in [-0.39, 0.29) is 0 Å². The maximum atomic E-state index is 4.54. The topological polar surface area (TPSA) is 28.2 Å². The van der Waals surface area contributed by atoms with E-state index in [2.05, 4.69) is 34.4 Å². The number of piperidine rings is 1. The molecule has 0 saturated carbocycles. The molecular weight excluding hydrogens is 242 g/mol. The van der Waals surface area contributed by atoms with Gasteiger partial charge in [-0.1, -0.05) is 6.92 Å². The van der Waals surface area contributed by atoms with Gasteiger partial charge < -0.3 is 10.2 Å². The third-order valence-electron chi connectivity index (χ3n) is 3.54. The van der Waals surface area contributed by atoms with Crippen LogP contribution in [0.5, 0.6) is 0 Å². The number of rotatable bonds is 6. The molecule has 3 nitrogen and oxygen atoms in total. The van der Waals surface area contributed by atoms with Crippen molar-refractivity contribution in [3.8, 4) is 0 Å². The number of hydrogen-bond donors (Lipinski definition) is 1. The van der Waals surface area contributed by atoms with Crippen LogP contribution in [0.3, 0.4) is 0 Å². The first-order chi connectivity index (χ1) is 8.78. The SMILES string of the molecule is CCCNC1CCCN(CCc2csc(C)n2)C1. The van der Waals surface area contributed by atoms with E-state index in [9.17, 15) is 0 Å². The number of hydrogen-bond acceptors (Lipinski definition) is 4. The zero-order valence-electron chi connectivity index (χ0n) is 11.6. The van der Waals surface area contributed by atoms with Crippen LogP contribution in [0.15, 0.2) is 5.38 Å². The summed E-state index contributed by atoms with van der Waals surface area (Å²) in [6.45, 7) is 9.10. The average Bonchev–Trinajstić information content (AvgIpc) is 2.80. The van der Waals surface area contributed by atoms with Gasteiger partial charge in [-0.2, -0.15) is 0 Å². The summed E-state index contributed by atoms with van der Waals surface area (Å²) in [5, 5.41) is 7.04. The Bertz CT molecular complexity index is 351. The van der Waals surface area contributed by atoms with Crippen molar-refractivity contribution in [3.05, 3.63) is 16.1 Å². The molecule has 0 spiro atoms. The van der Waals surface area contributed by atoms with Gasteiger partial charge in [-0.05, 0) is 39.3 Å². The maximum absolute atomic E-state index is 4.54. The van der Waals surface area contributed by atoms with Gasteiger partial charge in [0.15, 0.2) is 0 Å². The van der Waals surface area contributed by atoms with Crippen molar-refractivity contribution in [2.45, 2.75) is 45.6 Å². The summed E-state index contributed by atoms with van der Waals surface area (Å²) in [6, 6.07) is 0.705. The Morgan fingerprint density at radius 1 is 1.56 bits per heavy atom. The van der Waals surface area contributed by atoms with Crippen molar-refractivity contribution in [2.24, 2.45) is 0 Å². The van der Waals surface area contributed by atoms with Gasteiger partial charge >= 0.3 is 0 Å². The first kappa shape index (κ1) is 14.0. The smallest absolute Gasteiger partial charge is 0.0897 e. The standard InChI is InChI=1S/C14H25N3S/c1-3-7-15-13-5-4-8-17(10-13)9-6-14-11-18-12(2)16-14/h11,13,15H,3-10H2,1-2H3. The van der Waals surface area contributed by atoms with Crippen LogP contribution in [0.1, 0.15) is 36.9 Å². The lowest BCUT2D eigenvalue weighted by atomic mass is 10.1. The molecule has 1 fully saturated rings. The fourth-order valence-corrected chi connectivity index (χ4v) is 3.22. The largest absolute Gasteiger partial charge is 0.313 e. The van der Waals surface area contributed by atoms with Gasteiger partial charge in [0.25, 0.3) is 0 Å². The molecule has 1 atom stereocenters. The molecule has 1 unspecified atom stereocenters. The lowest BCUT2D eigenvalue weighted by molar-refractivity contribution is 0.192. The van der Waals surface area contributed by atoms with Crippen LogP contribution in [0.4, 0.5) is 0 Å². The van der Waals surface area contributed by atoms with Crippen molar-refractivity contribution < 1.29 is 0 Å². The molecule has 2 heterocycles. The van der Waals surface area contributed by atoms with E-state index < -0.39 is 0 Å². The molecule has 1 saturated heterocycles. The fraction of sp³-hybridized carbons (Fsp3) is 0.786. The Kier molecular flexibility index (Phi) is 5.60. The van der Waals surface area contributed by atoms with Crippen LogP contribution in [0.2, 0.25) is 0 Å². The molecule has 0 aromatic carbocycles. The molecule has 0 bridgehead atoms. The van der Waals surface area contributed by atoms with E-state index in [1.165, 1.54) is 43.1 Å². The molecule has 1 aromatic heterocycles. The van der Waals surface area contributed by atoms with E-state index in [0.29, 0.717) is 6.04 Å². The summed E-state index contributed by atoms with van der Waals surface area (Å²) in [5.74, 6) is 0. The number of aryl methyl sites for hydroxylation is 1. The number of nitrogens with zero attached hydrogens (tertiary/aromatic N) is 2. The Morgan fingerprint density at radius 2 is 2.44 bits per heavy atom. The summed E-state index contributed by atoms with van der Waals surface area (Å²) >= 11 is 1.76. The third-order valence-corrected chi connectivity index (χ3v) is 4.36. The minimum atomic E-state index is 0.705. The van der Waals surface area contributed by atoms with Gasteiger partial charge in [0.2, 0.25) is 0 Å². The normalized spacial score (nSPS) is 21.3. The van der Waals surface area contributed by atoms with E-state index in [4.69, 9.17) is 0 Å².